The lowest BCUT2D eigenvalue weighted by Crippen LogP contribution is -2.19. The molecule has 116 valence electrons. The van der Waals surface area contributed by atoms with E-state index >= 15 is 0 Å². The highest BCUT2D eigenvalue weighted by atomic mass is 19.1. The maximum Gasteiger partial charge on any atom is 0.274 e. The zero-order valence-electron chi connectivity index (χ0n) is 12.5. The van der Waals surface area contributed by atoms with E-state index in [1.165, 1.54) is 12.1 Å². The van der Waals surface area contributed by atoms with E-state index in [4.69, 9.17) is 0 Å². The van der Waals surface area contributed by atoms with Crippen molar-refractivity contribution < 1.29 is 4.39 Å². The standard InChI is InChI=1S/C17H15FN4O/c1-11-4-2-3-5-14(11)19-17-20-16(23)15(21-22-17)10-12-6-8-13(18)9-7-12/h2-9H,10H2,1H3,(H2,19,20,22,23). The zero-order chi connectivity index (χ0) is 16.2. The summed E-state index contributed by atoms with van der Waals surface area (Å²) in [6.45, 7) is 1.96. The van der Waals surface area contributed by atoms with E-state index in [0.717, 1.165) is 16.8 Å². The number of hydrogen-bond donors (Lipinski definition) is 2. The number of anilines is 2. The largest absolute Gasteiger partial charge is 0.324 e. The monoisotopic (exact) mass is 310 g/mol. The molecule has 0 fully saturated rings. The summed E-state index contributed by atoms with van der Waals surface area (Å²) in [4.78, 5) is 14.8. The number of para-hydroxylation sites is 1. The fraction of sp³-hybridized carbons (Fsp3) is 0.118. The number of aryl methyl sites for hydroxylation is 1. The Morgan fingerprint density at radius 3 is 2.52 bits per heavy atom. The smallest absolute Gasteiger partial charge is 0.274 e. The molecule has 0 radical (unpaired) electrons. The van der Waals surface area contributed by atoms with Crippen LogP contribution in [0, 0.1) is 12.7 Å². The first-order valence-corrected chi connectivity index (χ1v) is 7.15. The van der Waals surface area contributed by atoms with Gasteiger partial charge < -0.3 is 5.32 Å². The van der Waals surface area contributed by atoms with E-state index in [0.29, 0.717) is 6.42 Å². The molecule has 0 bridgehead atoms. The first kappa shape index (κ1) is 14.9. The summed E-state index contributed by atoms with van der Waals surface area (Å²) in [6, 6.07) is 13.6. The van der Waals surface area contributed by atoms with Gasteiger partial charge in [0.2, 0.25) is 5.95 Å². The van der Waals surface area contributed by atoms with Gasteiger partial charge in [-0.1, -0.05) is 30.3 Å². The Morgan fingerprint density at radius 1 is 1.09 bits per heavy atom. The summed E-state index contributed by atoms with van der Waals surface area (Å²) in [7, 11) is 0. The Hall–Kier alpha value is -3.02. The van der Waals surface area contributed by atoms with Crippen LogP contribution in [0.5, 0.6) is 0 Å². The molecule has 0 spiro atoms. The molecule has 2 aromatic carbocycles. The van der Waals surface area contributed by atoms with Gasteiger partial charge in [0.05, 0.1) is 0 Å². The number of halogens is 1. The molecule has 0 unspecified atom stereocenters. The predicted octanol–water partition coefficient (Wildman–Crippen LogP) is 2.95. The van der Waals surface area contributed by atoms with Crippen LogP contribution in [0.25, 0.3) is 0 Å². The van der Waals surface area contributed by atoms with Crippen LogP contribution in [0.1, 0.15) is 16.8 Å². The third-order valence-corrected chi connectivity index (χ3v) is 3.45. The van der Waals surface area contributed by atoms with Crippen molar-refractivity contribution in [1.29, 1.82) is 0 Å². The van der Waals surface area contributed by atoms with E-state index < -0.39 is 0 Å². The van der Waals surface area contributed by atoms with Gasteiger partial charge in [0.15, 0.2) is 0 Å². The van der Waals surface area contributed by atoms with Crippen molar-refractivity contribution in [2.24, 2.45) is 0 Å². The molecule has 3 aromatic rings. The quantitative estimate of drug-likeness (QED) is 0.777. The Kier molecular flexibility index (Phi) is 4.14. The predicted molar refractivity (Wildman–Crippen MR) is 86.3 cm³/mol. The number of rotatable bonds is 4. The van der Waals surface area contributed by atoms with Gasteiger partial charge in [-0.2, -0.15) is 0 Å². The van der Waals surface area contributed by atoms with Gasteiger partial charge >= 0.3 is 0 Å². The molecular weight excluding hydrogens is 295 g/mol. The third kappa shape index (κ3) is 3.60. The van der Waals surface area contributed by atoms with Crippen molar-refractivity contribution in [3.8, 4) is 0 Å². The van der Waals surface area contributed by atoms with E-state index in [9.17, 15) is 9.18 Å². The Balaban J connectivity index is 1.79. The highest BCUT2D eigenvalue weighted by Gasteiger charge is 2.07. The number of benzene rings is 2. The van der Waals surface area contributed by atoms with Crippen LogP contribution in [0.3, 0.4) is 0 Å². The van der Waals surface area contributed by atoms with Gasteiger partial charge in [-0.15, -0.1) is 10.2 Å². The molecule has 5 nitrogen and oxygen atoms in total. The summed E-state index contributed by atoms with van der Waals surface area (Å²) >= 11 is 0. The second-order valence-corrected chi connectivity index (χ2v) is 5.19. The molecule has 0 saturated carbocycles. The van der Waals surface area contributed by atoms with Gasteiger partial charge in [0.25, 0.3) is 5.56 Å². The molecule has 0 atom stereocenters. The van der Waals surface area contributed by atoms with E-state index in [1.807, 2.05) is 31.2 Å². The van der Waals surface area contributed by atoms with Crippen LogP contribution in [0.2, 0.25) is 0 Å². The molecule has 0 aliphatic heterocycles. The lowest BCUT2D eigenvalue weighted by Gasteiger charge is -2.08. The fourth-order valence-electron chi connectivity index (χ4n) is 2.17. The summed E-state index contributed by atoms with van der Waals surface area (Å²) < 4.78 is 12.9. The third-order valence-electron chi connectivity index (χ3n) is 3.45. The second-order valence-electron chi connectivity index (χ2n) is 5.19. The van der Waals surface area contributed by atoms with Crippen LogP contribution in [0.4, 0.5) is 16.0 Å². The summed E-state index contributed by atoms with van der Waals surface area (Å²) in [5.74, 6) is -0.0290. The first-order chi connectivity index (χ1) is 11.1. The van der Waals surface area contributed by atoms with Gasteiger partial charge in [-0.05, 0) is 36.2 Å². The fourth-order valence-corrected chi connectivity index (χ4v) is 2.17. The lowest BCUT2D eigenvalue weighted by molar-refractivity contribution is 0.627. The molecule has 23 heavy (non-hydrogen) atoms. The van der Waals surface area contributed by atoms with E-state index in [-0.39, 0.29) is 23.0 Å². The molecule has 6 heteroatoms. The molecule has 3 rings (SSSR count). The van der Waals surface area contributed by atoms with Gasteiger partial charge in [-0.3, -0.25) is 9.78 Å². The molecule has 0 saturated heterocycles. The number of nitrogens with zero attached hydrogens (tertiary/aromatic N) is 2. The Morgan fingerprint density at radius 2 is 1.83 bits per heavy atom. The van der Waals surface area contributed by atoms with Gasteiger partial charge in [0, 0.05) is 12.1 Å². The van der Waals surface area contributed by atoms with Crippen molar-refractivity contribution in [2.75, 3.05) is 5.32 Å². The van der Waals surface area contributed by atoms with E-state index in [1.54, 1.807) is 12.1 Å². The van der Waals surface area contributed by atoms with Crippen molar-refractivity contribution in [2.45, 2.75) is 13.3 Å². The Labute approximate surface area is 132 Å². The van der Waals surface area contributed by atoms with Gasteiger partial charge in [0.1, 0.15) is 11.5 Å². The lowest BCUT2D eigenvalue weighted by atomic mass is 10.1. The van der Waals surface area contributed by atoms with Crippen LogP contribution in [-0.4, -0.2) is 15.2 Å². The SMILES string of the molecule is Cc1ccccc1Nc1nnc(Cc2ccc(F)cc2)c(=O)[nH]1. The minimum Gasteiger partial charge on any atom is -0.324 e. The average Bonchev–Trinajstić information content (AvgIpc) is 2.54. The topological polar surface area (TPSA) is 70.7 Å². The van der Waals surface area contributed by atoms with Crippen molar-refractivity contribution in [3.63, 3.8) is 0 Å². The number of aromatic amines is 1. The maximum atomic E-state index is 12.9. The molecule has 1 heterocycles. The Bertz CT molecular complexity index is 874. The molecule has 0 amide bonds. The summed E-state index contributed by atoms with van der Waals surface area (Å²) in [6.07, 6.45) is 0.299. The molecule has 2 N–H and O–H groups in total. The summed E-state index contributed by atoms with van der Waals surface area (Å²) in [5.41, 5.74) is 2.65. The molecule has 1 aromatic heterocycles. The molecule has 0 aliphatic rings. The minimum absolute atomic E-state index is 0.284. The highest BCUT2D eigenvalue weighted by Crippen LogP contribution is 2.16. The van der Waals surface area contributed by atoms with Crippen molar-refractivity contribution in [1.82, 2.24) is 15.2 Å². The average molecular weight is 310 g/mol. The normalized spacial score (nSPS) is 10.5. The molecule has 0 aliphatic carbocycles. The first-order valence-electron chi connectivity index (χ1n) is 7.15. The number of aromatic nitrogens is 3. The van der Waals surface area contributed by atoms with Crippen molar-refractivity contribution in [3.05, 3.63) is 81.5 Å². The second kappa shape index (κ2) is 6.39. The maximum absolute atomic E-state index is 12.9. The van der Waals surface area contributed by atoms with Crippen LogP contribution >= 0.6 is 0 Å². The van der Waals surface area contributed by atoms with Crippen molar-refractivity contribution >= 4 is 11.6 Å². The van der Waals surface area contributed by atoms with Crippen LogP contribution < -0.4 is 10.9 Å². The number of hydrogen-bond acceptors (Lipinski definition) is 4. The number of H-pyrrole nitrogens is 1. The molecular formula is C17H15FN4O. The van der Waals surface area contributed by atoms with E-state index in [2.05, 4.69) is 20.5 Å². The number of nitrogens with one attached hydrogen (secondary N) is 2. The zero-order valence-corrected chi connectivity index (χ0v) is 12.5. The van der Waals surface area contributed by atoms with Crippen LogP contribution in [-0.2, 0) is 6.42 Å². The minimum atomic E-state index is -0.319. The highest BCUT2D eigenvalue weighted by molar-refractivity contribution is 5.57. The summed E-state index contributed by atoms with van der Waals surface area (Å²) in [5, 5.41) is 11.0. The van der Waals surface area contributed by atoms with Gasteiger partial charge in [-0.25, -0.2) is 4.39 Å². The van der Waals surface area contributed by atoms with Crippen LogP contribution in [0.15, 0.2) is 53.3 Å².